The van der Waals surface area contributed by atoms with Gasteiger partial charge in [0.25, 0.3) is 10.2 Å². The molecule has 0 aromatic rings. The number of hydrogen-bond acceptors (Lipinski definition) is 2. The predicted octanol–water partition coefficient (Wildman–Crippen LogP) is 1.87. The number of alkyl halides is 1. The van der Waals surface area contributed by atoms with Crippen molar-refractivity contribution in [1.82, 2.24) is 9.03 Å². The van der Waals surface area contributed by atoms with E-state index < -0.39 is 10.2 Å². The predicted molar refractivity (Wildman–Crippen MR) is 72.4 cm³/mol. The summed E-state index contributed by atoms with van der Waals surface area (Å²) in [4.78, 5) is 0.296. The van der Waals surface area contributed by atoms with E-state index in [4.69, 9.17) is 0 Å². The van der Waals surface area contributed by atoms with E-state index in [-0.39, 0.29) is 0 Å². The van der Waals surface area contributed by atoms with E-state index in [9.17, 15) is 8.42 Å². The average molecular weight is 325 g/mol. The summed E-state index contributed by atoms with van der Waals surface area (Å²) in [5.41, 5.74) is 0. The standard InChI is InChI=1S/C11H21BrN2O2S/c12-11(10-5-6-10)9-13-17(15,16)14-7-3-1-2-4-8-14/h10-11,13H,1-9H2. The van der Waals surface area contributed by atoms with E-state index >= 15 is 0 Å². The van der Waals surface area contributed by atoms with Gasteiger partial charge in [-0.1, -0.05) is 28.8 Å². The number of nitrogens with one attached hydrogen (secondary N) is 1. The Bertz CT molecular complexity index is 335. The summed E-state index contributed by atoms with van der Waals surface area (Å²) in [6, 6.07) is 0. The quantitative estimate of drug-likeness (QED) is 0.785. The number of hydrogen-bond donors (Lipinski definition) is 1. The molecule has 100 valence electrons. The second-order valence-electron chi connectivity index (χ2n) is 5.02. The molecule has 1 aliphatic heterocycles. The number of halogens is 1. The minimum absolute atomic E-state index is 0.296. The Balaban J connectivity index is 1.83. The van der Waals surface area contributed by atoms with Gasteiger partial charge in [-0.15, -0.1) is 0 Å². The molecule has 1 saturated carbocycles. The highest BCUT2D eigenvalue weighted by Crippen LogP contribution is 2.36. The lowest BCUT2D eigenvalue weighted by Crippen LogP contribution is -2.43. The summed E-state index contributed by atoms with van der Waals surface area (Å²) in [6.07, 6.45) is 6.72. The van der Waals surface area contributed by atoms with Crippen LogP contribution < -0.4 is 4.72 Å². The fourth-order valence-electron chi connectivity index (χ4n) is 2.18. The molecule has 1 aliphatic carbocycles. The lowest BCUT2D eigenvalue weighted by molar-refractivity contribution is 0.414. The Morgan fingerprint density at radius 2 is 1.76 bits per heavy atom. The smallest absolute Gasteiger partial charge is 0.201 e. The van der Waals surface area contributed by atoms with Crippen LogP contribution in [0.5, 0.6) is 0 Å². The molecule has 4 nitrogen and oxygen atoms in total. The first-order valence-electron chi connectivity index (χ1n) is 6.48. The zero-order valence-corrected chi connectivity index (χ0v) is 12.5. The van der Waals surface area contributed by atoms with Gasteiger partial charge >= 0.3 is 0 Å². The number of nitrogens with zero attached hydrogens (tertiary/aromatic N) is 1. The third kappa shape index (κ3) is 4.19. The molecule has 2 rings (SSSR count). The zero-order chi connectivity index (χ0) is 12.3. The monoisotopic (exact) mass is 324 g/mol. The van der Waals surface area contributed by atoms with Gasteiger partial charge in [0.2, 0.25) is 0 Å². The van der Waals surface area contributed by atoms with Crippen molar-refractivity contribution >= 4 is 26.1 Å². The van der Waals surface area contributed by atoms with Gasteiger partial charge in [-0.3, -0.25) is 0 Å². The molecule has 1 saturated heterocycles. The van der Waals surface area contributed by atoms with Crippen molar-refractivity contribution in [3.05, 3.63) is 0 Å². The lowest BCUT2D eigenvalue weighted by Gasteiger charge is -2.21. The van der Waals surface area contributed by atoms with E-state index in [0.717, 1.165) is 25.7 Å². The van der Waals surface area contributed by atoms with Crippen LogP contribution in [0.15, 0.2) is 0 Å². The molecular weight excluding hydrogens is 304 g/mol. The molecule has 1 atom stereocenters. The zero-order valence-electron chi connectivity index (χ0n) is 10.1. The van der Waals surface area contributed by atoms with E-state index in [2.05, 4.69) is 20.7 Å². The van der Waals surface area contributed by atoms with Crippen LogP contribution in [0.1, 0.15) is 38.5 Å². The Morgan fingerprint density at radius 1 is 1.18 bits per heavy atom. The first-order chi connectivity index (χ1) is 8.09. The number of rotatable bonds is 5. The van der Waals surface area contributed by atoms with Crippen LogP contribution >= 0.6 is 15.9 Å². The summed E-state index contributed by atoms with van der Waals surface area (Å²) in [6.45, 7) is 1.86. The molecule has 0 radical (unpaired) electrons. The van der Waals surface area contributed by atoms with Crippen molar-refractivity contribution in [3.63, 3.8) is 0 Å². The Labute approximate surface area is 112 Å². The molecule has 1 heterocycles. The Morgan fingerprint density at radius 3 is 2.29 bits per heavy atom. The summed E-state index contributed by atoms with van der Waals surface area (Å²) < 4.78 is 28.5. The second kappa shape index (κ2) is 5.99. The van der Waals surface area contributed by atoms with Crippen LogP contribution in [0.2, 0.25) is 0 Å². The highest BCUT2D eigenvalue weighted by atomic mass is 79.9. The van der Waals surface area contributed by atoms with Crippen molar-refractivity contribution in [1.29, 1.82) is 0 Å². The van der Waals surface area contributed by atoms with Crippen LogP contribution in [0.3, 0.4) is 0 Å². The summed E-state index contributed by atoms with van der Waals surface area (Å²) in [5, 5.41) is 0. The van der Waals surface area contributed by atoms with E-state index in [0.29, 0.717) is 30.4 Å². The van der Waals surface area contributed by atoms with E-state index in [1.165, 1.54) is 12.8 Å². The van der Waals surface area contributed by atoms with Crippen LogP contribution in [0.25, 0.3) is 0 Å². The van der Waals surface area contributed by atoms with Gasteiger partial charge in [-0.05, 0) is 31.6 Å². The van der Waals surface area contributed by atoms with Crippen molar-refractivity contribution in [2.75, 3.05) is 19.6 Å². The van der Waals surface area contributed by atoms with Gasteiger partial charge in [-0.2, -0.15) is 12.7 Å². The van der Waals surface area contributed by atoms with Gasteiger partial charge in [0.15, 0.2) is 0 Å². The molecule has 0 spiro atoms. The molecule has 0 aromatic heterocycles. The third-order valence-electron chi connectivity index (χ3n) is 3.50. The first kappa shape index (κ1) is 13.8. The molecule has 6 heteroatoms. The second-order valence-corrected chi connectivity index (χ2v) is 7.95. The van der Waals surface area contributed by atoms with Crippen LogP contribution in [0.4, 0.5) is 0 Å². The van der Waals surface area contributed by atoms with E-state index in [1.807, 2.05) is 0 Å². The maximum atomic E-state index is 12.1. The van der Waals surface area contributed by atoms with Crippen LogP contribution in [0, 0.1) is 5.92 Å². The normalized spacial score (nSPS) is 25.5. The summed E-state index contributed by atoms with van der Waals surface area (Å²) in [5.74, 6) is 0.668. The molecule has 0 bridgehead atoms. The van der Waals surface area contributed by atoms with Crippen molar-refractivity contribution < 1.29 is 8.42 Å². The molecular formula is C11H21BrN2O2S. The lowest BCUT2D eigenvalue weighted by atomic mass is 10.2. The largest absolute Gasteiger partial charge is 0.279 e. The van der Waals surface area contributed by atoms with Gasteiger partial charge in [0, 0.05) is 24.5 Å². The van der Waals surface area contributed by atoms with Gasteiger partial charge in [-0.25, -0.2) is 4.72 Å². The fraction of sp³-hybridized carbons (Fsp3) is 1.00. The Hall–Kier alpha value is 0.350. The molecule has 2 fully saturated rings. The molecule has 1 N–H and O–H groups in total. The van der Waals surface area contributed by atoms with Gasteiger partial charge < -0.3 is 0 Å². The fourth-order valence-corrected chi connectivity index (χ4v) is 4.40. The average Bonchev–Trinajstić information content (AvgIpc) is 3.11. The molecule has 17 heavy (non-hydrogen) atoms. The maximum absolute atomic E-state index is 12.1. The van der Waals surface area contributed by atoms with Crippen molar-refractivity contribution in [3.8, 4) is 0 Å². The topological polar surface area (TPSA) is 49.4 Å². The van der Waals surface area contributed by atoms with Crippen LogP contribution in [-0.4, -0.2) is 37.2 Å². The Kier molecular flexibility index (Phi) is 4.86. The summed E-state index contributed by atoms with van der Waals surface area (Å²) in [7, 11) is -3.25. The SMILES string of the molecule is O=S(=O)(NCC(Br)C1CC1)N1CCCCCC1. The first-order valence-corrected chi connectivity index (χ1v) is 8.84. The highest BCUT2D eigenvalue weighted by Gasteiger charge is 2.31. The van der Waals surface area contributed by atoms with Gasteiger partial charge in [0.1, 0.15) is 0 Å². The van der Waals surface area contributed by atoms with Crippen LogP contribution in [-0.2, 0) is 10.2 Å². The third-order valence-corrected chi connectivity index (χ3v) is 6.15. The molecule has 0 aromatic carbocycles. The highest BCUT2D eigenvalue weighted by molar-refractivity contribution is 9.09. The van der Waals surface area contributed by atoms with E-state index in [1.54, 1.807) is 4.31 Å². The molecule has 0 amide bonds. The summed E-state index contributed by atoms with van der Waals surface area (Å²) >= 11 is 3.55. The maximum Gasteiger partial charge on any atom is 0.279 e. The van der Waals surface area contributed by atoms with Crippen molar-refractivity contribution in [2.45, 2.75) is 43.4 Å². The van der Waals surface area contributed by atoms with Crippen molar-refractivity contribution in [2.24, 2.45) is 5.92 Å². The minimum Gasteiger partial charge on any atom is -0.201 e. The molecule has 2 aliphatic rings. The molecule has 1 unspecified atom stereocenters. The minimum atomic E-state index is -3.25. The van der Waals surface area contributed by atoms with Gasteiger partial charge in [0.05, 0.1) is 0 Å².